The van der Waals surface area contributed by atoms with Crippen LogP contribution >= 0.6 is 15.9 Å². The van der Waals surface area contributed by atoms with Gasteiger partial charge in [0.25, 0.3) is 10.0 Å². The van der Waals surface area contributed by atoms with Crippen LogP contribution in [0.4, 0.5) is 5.69 Å². The number of aromatic carboxylic acids is 1. The van der Waals surface area contributed by atoms with Gasteiger partial charge in [-0.25, -0.2) is 13.2 Å². The molecule has 0 unspecified atom stereocenters. The Morgan fingerprint density at radius 1 is 1.35 bits per heavy atom. The molecule has 8 heteroatoms. The van der Waals surface area contributed by atoms with Crippen LogP contribution in [0.5, 0.6) is 0 Å². The van der Waals surface area contributed by atoms with Gasteiger partial charge in [0.15, 0.2) is 4.67 Å². The third-order valence-corrected chi connectivity index (χ3v) is 4.77. The lowest BCUT2D eigenvalue weighted by atomic mass is 10.2. The van der Waals surface area contributed by atoms with Gasteiger partial charge in [-0.1, -0.05) is 18.2 Å². The van der Waals surface area contributed by atoms with Gasteiger partial charge in [0.2, 0.25) is 5.76 Å². The number of para-hydroxylation sites is 1. The molecule has 2 aromatic rings. The van der Waals surface area contributed by atoms with Crippen LogP contribution in [0.1, 0.15) is 16.1 Å². The Bertz CT molecular complexity index is 766. The maximum atomic E-state index is 12.2. The highest BCUT2D eigenvalue weighted by atomic mass is 79.9. The van der Waals surface area contributed by atoms with Gasteiger partial charge in [-0.05, 0) is 34.5 Å². The predicted octanol–water partition coefficient (Wildman–Crippen LogP) is 2.85. The molecule has 0 aliphatic heterocycles. The molecule has 20 heavy (non-hydrogen) atoms. The first-order valence-electron chi connectivity index (χ1n) is 5.42. The molecule has 0 saturated heterocycles. The zero-order valence-corrected chi connectivity index (χ0v) is 12.7. The van der Waals surface area contributed by atoms with Crippen molar-refractivity contribution in [3.8, 4) is 0 Å². The van der Waals surface area contributed by atoms with Gasteiger partial charge in [-0.3, -0.25) is 4.72 Å². The van der Waals surface area contributed by atoms with Crippen LogP contribution in [-0.4, -0.2) is 19.5 Å². The van der Waals surface area contributed by atoms with Crippen molar-refractivity contribution in [3.05, 3.63) is 46.3 Å². The molecular formula is C12H10BrNO5S. The van der Waals surface area contributed by atoms with E-state index in [1.807, 2.05) is 0 Å². The molecule has 0 radical (unpaired) electrons. The molecule has 2 N–H and O–H groups in total. The summed E-state index contributed by atoms with van der Waals surface area (Å²) in [5.41, 5.74) is 1.16. The van der Waals surface area contributed by atoms with Gasteiger partial charge in [0.1, 0.15) is 4.90 Å². The van der Waals surface area contributed by atoms with Crippen molar-refractivity contribution in [3.63, 3.8) is 0 Å². The first-order chi connectivity index (χ1) is 9.31. The number of sulfonamides is 1. The largest absolute Gasteiger partial charge is 0.475 e. The number of carbonyl (C=O) groups is 1. The molecule has 0 atom stereocenters. The maximum absolute atomic E-state index is 12.2. The third-order valence-electron chi connectivity index (χ3n) is 2.55. The van der Waals surface area contributed by atoms with Gasteiger partial charge in [0, 0.05) is 6.07 Å². The number of carboxylic acids is 1. The van der Waals surface area contributed by atoms with E-state index in [1.165, 1.54) is 0 Å². The second-order valence-electron chi connectivity index (χ2n) is 3.97. The Balaban J connectivity index is 2.41. The molecule has 0 aliphatic carbocycles. The number of furan rings is 1. The highest BCUT2D eigenvalue weighted by Crippen LogP contribution is 2.28. The fourth-order valence-electron chi connectivity index (χ4n) is 1.53. The van der Waals surface area contributed by atoms with Crippen LogP contribution in [0, 0.1) is 6.92 Å². The maximum Gasteiger partial charge on any atom is 0.371 e. The zero-order valence-electron chi connectivity index (χ0n) is 10.3. The summed E-state index contributed by atoms with van der Waals surface area (Å²) in [6.07, 6.45) is 0. The monoisotopic (exact) mass is 359 g/mol. The number of hydrogen-bond acceptors (Lipinski definition) is 4. The van der Waals surface area contributed by atoms with E-state index in [9.17, 15) is 13.2 Å². The lowest BCUT2D eigenvalue weighted by Crippen LogP contribution is -2.13. The highest BCUT2D eigenvalue weighted by molar-refractivity contribution is 9.10. The predicted molar refractivity (Wildman–Crippen MR) is 75.4 cm³/mol. The first-order valence-corrected chi connectivity index (χ1v) is 7.70. The average molecular weight is 360 g/mol. The summed E-state index contributed by atoms with van der Waals surface area (Å²) in [6, 6.07) is 7.79. The minimum absolute atomic E-state index is 0.156. The Kier molecular flexibility index (Phi) is 3.87. The van der Waals surface area contributed by atoms with Crippen molar-refractivity contribution in [2.45, 2.75) is 11.8 Å². The van der Waals surface area contributed by atoms with E-state index in [4.69, 9.17) is 9.52 Å². The van der Waals surface area contributed by atoms with Gasteiger partial charge in [-0.2, -0.15) is 0 Å². The minimum atomic E-state index is -3.93. The smallest absolute Gasteiger partial charge is 0.371 e. The van der Waals surface area contributed by atoms with E-state index < -0.39 is 21.8 Å². The zero-order chi connectivity index (χ0) is 14.9. The van der Waals surface area contributed by atoms with Crippen LogP contribution in [0.3, 0.4) is 0 Å². The summed E-state index contributed by atoms with van der Waals surface area (Å²) in [5, 5.41) is 8.79. The quantitative estimate of drug-likeness (QED) is 0.874. The fraction of sp³-hybridized carbons (Fsp3) is 0.0833. The van der Waals surface area contributed by atoms with Crippen LogP contribution in [0.15, 0.2) is 44.3 Å². The lowest BCUT2D eigenvalue weighted by molar-refractivity contribution is 0.0661. The average Bonchev–Trinajstić information content (AvgIpc) is 2.75. The van der Waals surface area contributed by atoms with Crippen molar-refractivity contribution in [2.24, 2.45) is 0 Å². The van der Waals surface area contributed by atoms with Gasteiger partial charge >= 0.3 is 5.97 Å². The van der Waals surface area contributed by atoms with E-state index in [2.05, 4.69) is 20.7 Å². The highest BCUT2D eigenvalue weighted by Gasteiger charge is 2.25. The summed E-state index contributed by atoms with van der Waals surface area (Å²) in [6.45, 7) is 1.75. The molecule has 1 aromatic carbocycles. The van der Waals surface area contributed by atoms with Crippen molar-refractivity contribution in [1.29, 1.82) is 0 Å². The molecule has 6 nitrogen and oxygen atoms in total. The van der Waals surface area contributed by atoms with Crippen molar-refractivity contribution in [1.82, 2.24) is 0 Å². The van der Waals surface area contributed by atoms with Crippen molar-refractivity contribution in [2.75, 3.05) is 4.72 Å². The number of hydrogen-bond donors (Lipinski definition) is 2. The van der Waals surface area contributed by atoms with Crippen LogP contribution < -0.4 is 4.72 Å². The van der Waals surface area contributed by atoms with Gasteiger partial charge < -0.3 is 9.52 Å². The third kappa shape index (κ3) is 2.86. The Morgan fingerprint density at radius 2 is 2.00 bits per heavy atom. The summed E-state index contributed by atoms with van der Waals surface area (Å²) in [7, 11) is -3.93. The molecule has 0 saturated carbocycles. The number of carboxylic acid groups (broad SMARTS) is 1. The van der Waals surface area contributed by atoms with Crippen LogP contribution in [0.25, 0.3) is 0 Å². The van der Waals surface area contributed by atoms with E-state index in [0.29, 0.717) is 5.69 Å². The standard InChI is InChI=1S/C12H10BrNO5S/c1-7-4-2-3-5-8(7)14-20(17,18)10-6-9(12(15)16)19-11(10)13/h2-6,14H,1H3,(H,15,16). The molecule has 1 aromatic heterocycles. The Labute approximate surface area is 123 Å². The number of halogens is 1. The number of aryl methyl sites for hydroxylation is 1. The summed E-state index contributed by atoms with van der Waals surface area (Å²) in [5.74, 6) is -1.80. The molecule has 0 bridgehead atoms. The molecule has 0 aliphatic rings. The number of nitrogens with one attached hydrogen (secondary N) is 1. The normalized spacial score (nSPS) is 11.3. The lowest BCUT2D eigenvalue weighted by Gasteiger charge is -2.08. The minimum Gasteiger partial charge on any atom is -0.475 e. The summed E-state index contributed by atoms with van der Waals surface area (Å²) < 4.78 is 31.5. The SMILES string of the molecule is Cc1ccccc1NS(=O)(=O)c1cc(C(=O)O)oc1Br. The fourth-order valence-corrected chi connectivity index (χ4v) is 3.60. The van der Waals surface area contributed by atoms with Crippen LogP contribution in [-0.2, 0) is 10.0 Å². The molecule has 0 amide bonds. The second-order valence-corrected chi connectivity index (χ2v) is 6.35. The summed E-state index contributed by atoms with van der Waals surface area (Å²) >= 11 is 2.90. The Hall–Kier alpha value is -1.80. The molecule has 0 spiro atoms. The van der Waals surface area contributed by atoms with Crippen LogP contribution in [0.2, 0.25) is 0 Å². The molecule has 1 heterocycles. The van der Waals surface area contributed by atoms with E-state index >= 15 is 0 Å². The number of anilines is 1. The van der Waals surface area contributed by atoms with Crippen molar-refractivity contribution >= 4 is 37.6 Å². The van der Waals surface area contributed by atoms with E-state index in [-0.39, 0.29) is 9.56 Å². The molecule has 106 valence electrons. The Morgan fingerprint density at radius 3 is 2.55 bits per heavy atom. The first kappa shape index (κ1) is 14.6. The van der Waals surface area contributed by atoms with Gasteiger partial charge in [0.05, 0.1) is 5.69 Å². The van der Waals surface area contributed by atoms with E-state index in [0.717, 1.165) is 11.6 Å². The molecular weight excluding hydrogens is 350 g/mol. The number of rotatable bonds is 4. The second kappa shape index (κ2) is 5.29. The number of benzene rings is 1. The van der Waals surface area contributed by atoms with E-state index in [1.54, 1.807) is 31.2 Å². The summed E-state index contributed by atoms with van der Waals surface area (Å²) in [4.78, 5) is 10.5. The molecule has 2 rings (SSSR count). The van der Waals surface area contributed by atoms with Gasteiger partial charge in [-0.15, -0.1) is 0 Å². The topological polar surface area (TPSA) is 96.6 Å². The molecule has 0 fully saturated rings. The van der Waals surface area contributed by atoms with Crippen molar-refractivity contribution < 1.29 is 22.7 Å².